The van der Waals surface area contributed by atoms with Crippen LogP contribution < -0.4 is 0 Å². The Morgan fingerprint density at radius 3 is 2.61 bits per heavy atom. The molecule has 0 spiro atoms. The first-order chi connectivity index (χ1) is 11.0. The summed E-state index contributed by atoms with van der Waals surface area (Å²) in [7, 11) is 0. The molecule has 2 rings (SSSR count). The van der Waals surface area contributed by atoms with Crippen molar-refractivity contribution in [3.63, 3.8) is 0 Å². The van der Waals surface area contributed by atoms with Crippen molar-refractivity contribution in [1.82, 2.24) is 4.90 Å². The van der Waals surface area contributed by atoms with Gasteiger partial charge in [0.25, 0.3) is 0 Å². The Hall–Kier alpha value is -1.76. The van der Waals surface area contributed by atoms with Gasteiger partial charge in [0, 0.05) is 11.4 Å². The van der Waals surface area contributed by atoms with Crippen LogP contribution in [0.5, 0.6) is 0 Å². The van der Waals surface area contributed by atoms with Crippen molar-refractivity contribution in [2.24, 2.45) is 5.41 Å². The van der Waals surface area contributed by atoms with Gasteiger partial charge in [-0.05, 0) is 50.2 Å². The highest BCUT2D eigenvalue weighted by atomic mass is 15.2. The molecule has 1 unspecified atom stereocenters. The van der Waals surface area contributed by atoms with E-state index < -0.39 is 0 Å². The fraction of sp³-hybridized carbons (Fsp3) is 0.455. The second kappa shape index (κ2) is 8.19. The Balaban J connectivity index is 2.24. The molecule has 23 heavy (non-hydrogen) atoms. The molecule has 1 atom stereocenters. The molecule has 0 fully saturated rings. The van der Waals surface area contributed by atoms with Gasteiger partial charge in [-0.1, -0.05) is 69.4 Å². The standard InChI is InChI=1S/C22H31N/c1-5-19(17-12-18-22(2,3)4)23(20-13-8-6-9-14-20)21-15-10-7-11-16-21/h5-10,12-13,15,17,20H,11,14,16,18H2,1-4H3. The van der Waals surface area contributed by atoms with Crippen molar-refractivity contribution >= 4 is 0 Å². The number of hydrogen-bond acceptors (Lipinski definition) is 1. The zero-order chi connectivity index (χ0) is 16.7. The van der Waals surface area contributed by atoms with E-state index in [0.717, 1.165) is 25.7 Å². The number of allylic oxidation sites excluding steroid dienone is 9. The van der Waals surface area contributed by atoms with Crippen LogP contribution >= 0.6 is 0 Å². The minimum absolute atomic E-state index is 0.334. The lowest BCUT2D eigenvalue weighted by molar-refractivity contribution is 0.357. The summed E-state index contributed by atoms with van der Waals surface area (Å²) in [4.78, 5) is 2.52. The van der Waals surface area contributed by atoms with Crippen LogP contribution in [0.4, 0.5) is 0 Å². The molecule has 0 saturated carbocycles. The largest absolute Gasteiger partial charge is 0.338 e. The van der Waals surface area contributed by atoms with Gasteiger partial charge in [-0.2, -0.15) is 0 Å². The van der Waals surface area contributed by atoms with Gasteiger partial charge in [0.2, 0.25) is 0 Å². The lowest BCUT2D eigenvalue weighted by Gasteiger charge is -2.36. The molecule has 0 saturated heterocycles. The maximum absolute atomic E-state index is 2.52. The third kappa shape index (κ3) is 5.42. The molecule has 0 N–H and O–H groups in total. The molecule has 2 aliphatic rings. The SMILES string of the molecule is CC=C(C=CCC(C)(C)C)N(C1=CC=CCC1)C1C=CC=CC1. The summed E-state index contributed by atoms with van der Waals surface area (Å²) < 4.78 is 0. The predicted molar refractivity (Wildman–Crippen MR) is 102 cm³/mol. The molecule has 0 aromatic carbocycles. The van der Waals surface area contributed by atoms with Gasteiger partial charge in [0.05, 0.1) is 6.04 Å². The van der Waals surface area contributed by atoms with Crippen LogP contribution in [0.2, 0.25) is 0 Å². The van der Waals surface area contributed by atoms with Crippen LogP contribution in [0, 0.1) is 5.41 Å². The van der Waals surface area contributed by atoms with Crippen LogP contribution in [-0.4, -0.2) is 10.9 Å². The summed E-state index contributed by atoms with van der Waals surface area (Å²) in [6, 6.07) is 0.420. The second-order valence-corrected chi connectivity index (χ2v) is 7.49. The van der Waals surface area contributed by atoms with Gasteiger partial charge in [-0.15, -0.1) is 0 Å². The first-order valence-electron chi connectivity index (χ1n) is 8.82. The van der Waals surface area contributed by atoms with Crippen LogP contribution in [0.1, 0.15) is 53.4 Å². The molecule has 1 nitrogen and oxygen atoms in total. The minimum Gasteiger partial charge on any atom is -0.338 e. The van der Waals surface area contributed by atoms with E-state index in [1.807, 2.05) is 0 Å². The maximum atomic E-state index is 2.52. The number of hydrogen-bond donors (Lipinski definition) is 0. The molecule has 0 amide bonds. The maximum Gasteiger partial charge on any atom is 0.0556 e. The molecule has 0 aromatic heterocycles. The van der Waals surface area contributed by atoms with E-state index in [-0.39, 0.29) is 0 Å². The van der Waals surface area contributed by atoms with Gasteiger partial charge >= 0.3 is 0 Å². The van der Waals surface area contributed by atoms with Crippen molar-refractivity contribution in [2.45, 2.75) is 59.4 Å². The van der Waals surface area contributed by atoms with Crippen LogP contribution in [-0.2, 0) is 0 Å². The Kier molecular flexibility index (Phi) is 6.27. The van der Waals surface area contributed by atoms with Gasteiger partial charge in [-0.25, -0.2) is 0 Å². The van der Waals surface area contributed by atoms with Crippen LogP contribution in [0.3, 0.4) is 0 Å². The Labute approximate surface area is 142 Å². The van der Waals surface area contributed by atoms with E-state index in [0.29, 0.717) is 11.5 Å². The highest BCUT2D eigenvalue weighted by Crippen LogP contribution is 2.29. The average molecular weight is 309 g/mol. The monoisotopic (exact) mass is 309 g/mol. The van der Waals surface area contributed by atoms with E-state index in [2.05, 4.69) is 93.4 Å². The minimum atomic E-state index is 0.334. The van der Waals surface area contributed by atoms with E-state index in [1.54, 1.807) is 0 Å². The Bertz CT molecular complexity index is 561. The molecular weight excluding hydrogens is 278 g/mol. The van der Waals surface area contributed by atoms with Gasteiger partial charge in [0.1, 0.15) is 0 Å². The summed E-state index contributed by atoms with van der Waals surface area (Å²) in [6.07, 6.45) is 26.9. The summed E-state index contributed by atoms with van der Waals surface area (Å²) in [5.74, 6) is 0. The highest BCUT2D eigenvalue weighted by molar-refractivity contribution is 5.31. The van der Waals surface area contributed by atoms with Crippen molar-refractivity contribution in [1.29, 1.82) is 0 Å². The average Bonchev–Trinajstić information content (AvgIpc) is 2.54. The molecule has 0 bridgehead atoms. The van der Waals surface area contributed by atoms with E-state index in [4.69, 9.17) is 0 Å². The topological polar surface area (TPSA) is 3.24 Å². The Morgan fingerprint density at radius 1 is 1.22 bits per heavy atom. The molecule has 0 radical (unpaired) electrons. The highest BCUT2D eigenvalue weighted by Gasteiger charge is 2.21. The molecule has 1 heteroatoms. The molecule has 124 valence electrons. The molecule has 0 heterocycles. The van der Waals surface area contributed by atoms with Crippen LogP contribution in [0.15, 0.2) is 72.2 Å². The third-order valence-corrected chi connectivity index (χ3v) is 4.18. The lowest BCUT2D eigenvalue weighted by Crippen LogP contribution is -2.32. The number of nitrogens with zero attached hydrogens (tertiary/aromatic N) is 1. The summed E-state index contributed by atoms with van der Waals surface area (Å²) in [6.45, 7) is 9.00. The first-order valence-corrected chi connectivity index (χ1v) is 8.82. The van der Waals surface area contributed by atoms with Crippen molar-refractivity contribution in [3.05, 3.63) is 72.2 Å². The predicted octanol–water partition coefficient (Wildman–Crippen LogP) is 6.30. The molecule has 2 aliphatic carbocycles. The zero-order valence-electron chi connectivity index (χ0n) is 15.1. The van der Waals surface area contributed by atoms with Crippen molar-refractivity contribution in [2.75, 3.05) is 0 Å². The summed E-state index contributed by atoms with van der Waals surface area (Å²) in [5.41, 5.74) is 3.06. The lowest BCUT2D eigenvalue weighted by atomic mass is 9.92. The number of rotatable bonds is 5. The van der Waals surface area contributed by atoms with E-state index in [9.17, 15) is 0 Å². The zero-order valence-corrected chi connectivity index (χ0v) is 15.1. The first kappa shape index (κ1) is 17.6. The van der Waals surface area contributed by atoms with Crippen LogP contribution in [0.25, 0.3) is 0 Å². The fourth-order valence-corrected chi connectivity index (χ4v) is 2.97. The summed E-state index contributed by atoms with van der Waals surface area (Å²) in [5, 5.41) is 0. The van der Waals surface area contributed by atoms with Gasteiger partial charge in [0.15, 0.2) is 0 Å². The Morgan fingerprint density at radius 2 is 2.04 bits per heavy atom. The van der Waals surface area contributed by atoms with Gasteiger partial charge in [-0.3, -0.25) is 0 Å². The second-order valence-electron chi connectivity index (χ2n) is 7.49. The molecule has 0 aliphatic heterocycles. The smallest absolute Gasteiger partial charge is 0.0556 e. The molecular formula is C22H31N. The molecule has 0 aromatic rings. The van der Waals surface area contributed by atoms with E-state index in [1.165, 1.54) is 11.4 Å². The third-order valence-electron chi connectivity index (χ3n) is 4.18. The van der Waals surface area contributed by atoms with Crippen molar-refractivity contribution < 1.29 is 0 Å². The van der Waals surface area contributed by atoms with Crippen molar-refractivity contribution in [3.8, 4) is 0 Å². The normalized spacial score (nSPS) is 21.8. The van der Waals surface area contributed by atoms with E-state index >= 15 is 0 Å². The van der Waals surface area contributed by atoms with Gasteiger partial charge < -0.3 is 4.90 Å². The quantitative estimate of drug-likeness (QED) is 0.538. The summed E-state index contributed by atoms with van der Waals surface area (Å²) >= 11 is 0. The fourth-order valence-electron chi connectivity index (χ4n) is 2.97.